The van der Waals surface area contributed by atoms with Crippen LogP contribution in [0.3, 0.4) is 0 Å². The smallest absolute Gasteiger partial charge is 0.301 e. The lowest BCUT2D eigenvalue weighted by molar-refractivity contribution is -0.234. The molecule has 0 saturated carbocycles. The molecule has 0 radical (unpaired) electrons. The standard InChI is InChI=1S/C11H22O9S2/c12-11(20-13)8-6-4-2-1-3-5-7-10(22(17,18)19)9-21(14,15)16/h10,13H,1-9H2,(H,14,15,16)(H,17,18,19). The second-order valence-corrected chi connectivity index (χ2v) is 8.20. The second kappa shape index (κ2) is 10.1. The fourth-order valence-electron chi connectivity index (χ4n) is 1.95. The highest BCUT2D eigenvalue weighted by Crippen LogP contribution is 2.14. The molecule has 3 N–H and O–H groups in total. The average molecular weight is 362 g/mol. The molecular weight excluding hydrogens is 340 g/mol. The average Bonchev–Trinajstić information content (AvgIpc) is 2.37. The zero-order valence-corrected chi connectivity index (χ0v) is 13.7. The van der Waals surface area contributed by atoms with Crippen LogP contribution in [-0.2, 0) is 29.9 Å². The second-order valence-electron chi connectivity index (χ2n) is 5.01. The molecule has 0 spiro atoms. The predicted octanol–water partition coefficient (Wildman–Crippen LogP) is 1.27. The minimum Gasteiger partial charge on any atom is -0.301 e. The Morgan fingerprint density at radius 2 is 1.41 bits per heavy atom. The van der Waals surface area contributed by atoms with Gasteiger partial charge in [-0.3, -0.25) is 9.11 Å². The lowest BCUT2D eigenvalue weighted by atomic mass is 10.1. The van der Waals surface area contributed by atoms with Gasteiger partial charge in [0.2, 0.25) is 0 Å². The van der Waals surface area contributed by atoms with Gasteiger partial charge in [-0.05, 0) is 12.8 Å². The van der Waals surface area contributed by atoms with E-state index in [-0.39, 0.29) is 12.8 Å². The summed E-state index contributed by atoms with van der Waals surface area (Å²) in [6, 6.07) is 0. The topological polar surface area (TPSA) is 155 Å². The number of carbonyl (C=O) groups excluding carboxylic acids is 1. The summed E-state index contributed by atoms with van der Waals surface area (Å²) >= 11 is 0. The molecule has 1 unspecified atom stereocenters. The third-order valence-electron chi connectivity index (χ3n) is 3.08. The molecule has 0 fully saturated rings. The third kappa shape index (κ3) is 11.9. The van der Waals surface area contributed by atoms with Crippen molar-refractivity contribution in [2.45, 2.75) is 56.6 Å². The van der Waals surface area contributed by atoms with Gasteiger partial charge in [0, 0.05) is 6.42 Å². The molecule has 11 heteroatoms. The molecule has 0 aliphatic carbocycles. The highest BCUT2D eigenvalue weighted by molar-refractivity contribution is 7.90. The highest BCUT2D eigenvalue weighted by Gasteiger charge is 2.27. The number of carbonyl (C=O) groups is 1. The van der Waals surface area contributed by atoms with Crippen LogP contribution < -0.4 is 0 Å². The maximum Gasteiger partial charge on any atom is 0.342 e. The first-order valence-electron chi connectivity index (χ1n) is 6.82. The van der Waals surface area contributed by atoms with Gasteiger partial charge in [0.1, 0.15) is 5.25 Å². The normalized spacial score (nSPS) is 13.8. The molecule has 0 bridgehead atoms. The van der Waals surface area contributed by atoms with Crippen molar-refractivity contribution < 1.29 is 40.9 Å². The Bertz CT molecular complexity index is 524. The van der Waals surface area contributed by atoms with Crippen molar-refractivity contribution >= 4 is 26.2 Å². The number of hydrogen-bond donors (Lipinski definition) is 3. The monoisotopic (exact) mass is 362 g/mol. The van der Waals surface area contributed by atoms with Crippen molar-refractivity contribution in [3.63, 3.8) is 0 Å². The van der Waals surface area contributed by atoms with Gasteiger partial charge in [-0.2, -0.15) is 22.1 Å². The van der Waals surface area contributed by atoms with Gasteiger partial charge in [0.05, 0.1) is 5.75 Å². The number of rotatable bonds is 12. The SMILES string of the molecule is O=C(CCCCCCCCC(CS(=O)(=O)O)S(=O)(=O)O)OO. The first kappa shape index (κ1) is 21.2. The van der Waals surface area contributed by atoms with Gasteiger partial charge in [0.25, 0.3) is 20.2 Å². The Morgan fingerprint density at radius 3 is 1.86 bits per heavy atom. The minimum absolute atomic E-state index is 0.0601. The predicted molar refractivity (Wildman–Crippen MR) is 77.4 cm³/mol. The van der Waals surface area contributed by atoms with Gasteiger partial charge in [-0.25, -0.2) is 4.79 Å². The molecule has 0 aromatic carbocycles. The van der Waals surface area contributed by atoms with E-state index >= 15 is 0 Å². The molecule has 0 heterocycles. The molecule has 0 rings (SSSR count). The fraction of sp³-hybridized carbons (Fsp3) is 0.909. The summed E-state index contributed by atoms with van der Waals surface area (Å²) in [5, 5.41) is 6.50. The number of hydrogen-bond acceptors (Lipinski definition) is 7. The van der Waals surface area contributed by atoms with Crippen LogP contribution in [0.15, 0.2) is 0 Å². The lowest BCUT2D eigenvalue weighted by Crippen LogP contribution is -2.29. The van der Waals surface area contributed by atoms with Gasteiger partial charge in [-0.15, -0.1) is 0 Å². The molecule has 0 aromatic heterocycles. The first-order chi connectivity index (χ1) is 10.1. The van der Waals surface area contributed by atoms with Gasteiger partial charge >= 0.3 is 5.97 Å². The Labute approximate surface area is 130 Å². The molecular formula is C11H22O9S2. The van der Waals surface area contributed by atoms with Crippen molar-refractivity contribution in [1.82, 2.24) is 0 Å². The van der Waals surface area contributed by atoms with Gasteiger partial charge < -0.3 is 4.89 Å². The molecule has 0 saturated heterocycles. The van der Waals surface area contributed by atoms with Crippen molar-refractivity contribution in [3.05, 3.63) is 0 Å². The molecule has 22 heavy (non-hydrogen) atoms. The minimum atomic E-state index is -4.53. The Kier molecular flexibility index (Phi) is 9.76. The van der Waals surface area contributed by atoms with Crippen LogP contribution in [0.5, 0.6) is 0 Å². The summed E-state index contributed by atoms with van der Waals surface area (Å²) in [5.41, 5.74) is 0. The van der Waals surface area contributed by atoms with E-state index in [2.05, 4.69) is 4.89 Å². The van der Waals surface area contributed by atoms with E-state index in [1.54, 1.807) is 0 Å². The maximum atomic E-state index is 11.0. The largest absolute Gasteiger partial charge is 0.342 e. The Balaban J connectivity index is 3.89. The summed E-state index contributed by atoms with van der Waals surface area (Å²) in [7, 11) is -9.00. The van der Waals surface area contributed by atoms with Crippen molar-refractivity contribution in [2.24, 2.45) is 0 Å². The van der Waals surface area contributed by atoms with E-state index in [9.17, 15) is 21.6 Å². The molecule has 132 valence electrons. The van der Waals surface area contributed by atoms with E-state index in [0.717, 1.165) is 19.3 Å². The molecule has 1 atom stereocenters. The summed E-state index contributed by atoms with van der Waals surface area (Å²) in [5.74, 6) is -1.71. The van der Waals surface area contributed by atoms with Crippen LogP contribution >= 0.6 is 0 Å². The van der Waals surface area contributed by atoms with Crippen LogP contribution in [0.1, 0.15) is 51.4 Å². The summed E-state index contributed by atoms with van der Waals surface area (Å²) in [6.45, 7) is 0. The van der Waals surface area contributed by atoms with Gasteiger partial charge in [0.15, 0.2) is 0 Å². The first-order valence-corrected chi connectivity index (χ1v) is 9.93. The third-order valence-corrected chi connectivity index (χ3v) is 5.36. The van der Waals surface area contributed by atoms with Crippen molar-refractivity contribution in [1.29, 1.82) is 0 Å². The molecule has 0 amide bonds. The van der Waals surface area contributed by atoms with E-state index in [1.807, 2.05) is 0 Å². The zero-order chi connectivity index (χ0) is 17.2. The lowest BCUT2D eigenvalue weighted by Gasteiger charge is -2.11. The van der Waals surface area contributed by atoms with Crippen LogP contribution in [0.25, 0.3) is 0 Å². The number of unbranched alkanes of at least 4 members (excludes halogenated alkanes) is 5. The quantitative estimate of drug-likeness (QED) is 0.201. The highest BCUT2D eigenvalue weighted by atomic mass is 32.2. The summed E-state index contributed by atoms with van der Waals surface area (Å²) in [4.78, 5) is 14.1. The molecule has 0 aromatic rings. The van der Waals surface area contributed by atoms with E-state index in [1.165, 1.54) is 0 Å². The summed E-state index contributed by atoms with van der Waals surface area (Å²) in [6.07, 6.45) is 3.91. The van der Waals surface area contributed by atoms with Crippen LogP contribution in [0.2, 0.25) is 0 Å². The van der Waals surface area contributed by atoms with Crippen LogP contribution in [-0.4, -0.2) is 48.2 Å². The van der Waals surface area contributed by atoms with Crippen LogP contribution in [0, 0.1) is 0 Å². The molecule has 0 aliphatic heterocycles. The fourth-order valence-corrected chi connectivity index (χ4v) is 4.25. The molecule has 0 aliphatic rings. The molecule has 9 nitrogen and oxygen atoms in total. The van der Waals surface area contributed by atoms with Crippen molar-refractivity contribution in [3.8, 4) is 0 Å². The summed E-state index contributed by atoms with van der Waals surface area (Å²) < 4.78 is 61.0. The van der Waals surface area contributed by atoms with Gasteiger partial charge in [-0.1, -0.05) is 32.1 Å². The zero-order valence-electron chi connectivity index (χ0n) is 12.0. The Morgan fingerprint density at radius 1 is 0.909 bits per heavy atom. The van der Waals surface area contributed by atoms with Crippen LogP contribution in [0.4, 0.5) is 0 Å². The maximum absolute atomic E-state index is 11.0. The van der Waals surface area contributed by atoms with E-state index in [4.69, 9.17) is 14.4 Å². The van der Waals surface area contributed by atoms with E-state index < -0.39 is 37.2 Å². The Hall–Kier alpha value is -0.750. The van der Waals surface area contributed by atoms with Crippen molar-refractivity contribution in [2.75, 3.05) is 5.75 Å². The van der Waals surface area contributed by atoms with E-state index in [0.29, 0.717) is 19.3 Å².